The van der Waals surface area contributed by atoms with Crippen molar-refractivity contribution in [3.63, 3.8) is 0 Å². The Morgan fingerprint density at radius 3 is 0.692 bits per heavy atom. The maximum Gasteiger partial charge on any atom is 0.410 e. The third-order valence-corrected chi connectivity index (χ3v) is 9.02. The van der Waals surface area contributed by atoms with E-state index in [0.29, 0.717) is 0 Å². The molecule has 0 spiro atoms. The summed E-state index contributed by atoms with van der Waals surface area (Å²) in [7, 11) is 13.3. The number of para-hydroxylation sites is 6. The van der Waals surface area contributed by atoms with Gasteiger partial charge in [-0.2, -0.15) is 0 Å². The maximum absolute atomic E-state index is 2.43. The lowest BCUT2D eigenvalue weighted by Gasteiger charge is -2.30. The van der Waals surface area contributed by atoms with Gasteiger partial charge in [-0.05, 0) is 95.1 Å². The Bertz CT molecular complexity index is 1300. The van der Waals surface area contributed by atoms with Gasteiger partial charge in [-0.25, -0.2) is 0 Å². The molecule has 0 aliphatic carbocycles. The van der Waals surface area contributed by atoms with Gasteiger partial charge < -0.3 is 28.9 Å². The molecule has 3 aliphatic rings. The molecule has 0 unspecified atom stereocenters. The molecular formula is C30H33B3N6. The van der Waals surface area contributed by atoms with Gasteiger partial charge in [-0.3, -0.25) is 0 Å². The van der Waals surface area contributed by atoms with Gasteiger partial charge in [0.1, 0.15) is 0 Å². The molecule has 0 saturated heterocycles. The van der Waals surface area contributed by atoms with Crippen molar-refractivity contribution in [2.45, 2.75) is 0 Å². The summed E-state index contributed by atoms with van der Waals surface area (Å²) >= 11 is 0. The number of anilines is 6. The molecule has 6 nitrogen and oxygen atoms in total. The van der Waals surface area contributed by atoms with E-state index >= 15 is 0 Å². The molecule has 9 heteroatoms. The zero-order valence-corrected chi connectivity index (χ0v) is 23.6. The van der Waals surface area contributed by atoms with Gasteiger partial charge in [0.05, 0.1) is 0 Å². The number of benzene rings is 4. The van der Waals surface area contributed by atoms with Crippen LogP contribution in [0.4, 0.5) is 34.1 Å². The van der Waals surface area contributed by atoms with Crippen molar-refractivity contribution in [2.24, 2.45) is 0 Å². The molecule has 7 rings (SSSR count). The zero-order valence-electron chi connectivity index (χ0n) is 23.6. The smallest absolute Gasteiger partial charge is 0.393 e. The van der Waals surface area contributed by atoms with E-state index in [-0.39, 0.29) is 20.9 Å². The van der Waals surface area contributed by atoms with E-state index in [1.165, 1.54) is 50.5 Å². The Hall–Kier alpha value is -4.13. The van der Waals surface area contributed by atoms with Gasteiger partial charge in [0.15, 0.2) is 0 Å². The van der Waals surface area contributed by atoms with Crippen molar-refractivity contribution in [1.82, 2.24) is 0 Å². The van der Waals surface area contributed by atoms with Crippen molar-refractivity contribution in [3.8, 4) is 0 Å². The van der Waals surface area contributed by atoms with E-state index in [1.807, 2.05) is 0 Å². The van der Waals surface area contributed by atoms with E-state index in [4.69, 9.17) is 0 Å². The Kier molecular flexibility index (Phi) is 5.34. The Morgan fingerprint density at radius 2 is 0.513 bits per heavy atom. The summed E-state index contributed by atoms with van der Waals surface area (Å²) in [4.78, 5) is 14.5. The number of rotatable bonds is 3. The van der Waals surface area contributed by atoms with Gasteiger partial charge in [0, 0.05) is 34.1 Å². The average molecular weight is 510 g/mol. The third kappa shape index (κ3) is 3.38. The van der Waals surface area contributed by atoms with Gasteiger partial charge in [-0.15, -0.1) is 0 Å². The van der Waals surface area contributed by atoms with Crippen LogP contribution >= 0.6 is 0 Å². The quantitative estimate of drug-likeness (QED) is 0.393. The lowest BCUT2D eigenvalue weighted by molar-refractivity contribution is 1.29. The monoisotopic (exact) mass is 510 g/mol. The van der Waals surface area contributed by atoms with E-state index in [9.17, 15) is 0 Å². The van der Waals surface area contributed by atoms with Crippen LogP contribution in [-0.2, 0) is 0 Å². The van der Waals surface area contributed by atoms with Gasteiger partial charge >= 0.3 is 20.9 Å². The molecule has 4 aromatic rings. The second-order valence-electron chi connectivity index (χ2n) is 11.2. The van der Waals surface area contributed by atoms with Crippen LogP contribution < -0.4 is 45.3 Å². The second kappa shape index (κ2) is 8.70. The van der Waals surface area contributed by atoms with Crippen LogP contribution in [0.5, 0.6) is 0 Å². The minimum Gasteiger partial charge on any atom is -0.393 e. The number of hydrogen-bond acceptors (Lipinski definition) is 6. The predicted molar refractivity (Wildman–Crippen MR) is 172 cm³/mol. The third-order valence-electron chi connectivity index (χ3n) is 9.02. The molecule has 0 N–H and O–H groups in total. The normalized spacial score (nSPS) is 16.0. The Labute approximate surface area is 233 Å². The van der Waals surface area contributed by atoms with Crippen LogP contribution in [0.3, 0.4) is 0 Å². The maximum atomic E-state index is 2.43. The first kappa shape index (κ1) is 24.0. The largest absolute Gasteiger partial charge is 0.410 e. The molecule has 3 heterocycles. The minimum atomic E-state index is 0.111. The SMILES string of the molecule is CN1B(c2cc(B3N(C)c4ccccc4N3C)cc(B3N(C)c4ccccc4N3C)c2)N(C)c2ccccc21. The van der Waals surface area contributed by atoms with Crippen molar-refractivity contribution in [2.75, 3.05) is 71.2 Å². The molecule has 3 aliphatic heterocycles. The first-order chi connectivity index (χ1) is 18.9. The van der Waals surface area contributed by atoms with Crippen molar-refractivity contribution >= 4 is 71.5 Å². The first-order valence-corrected chi connectivity index (χ1v) is 13.7. The molecule has 0 amide bonds. The van der Waals surface area contributed by atoms with E-state index < -0.39 is 0 Å². The molecular weight excluding hydrogens is 477 g/mol. The Balaban J connectivity index is 1.38. The highest BCUT2D eigenvalue weighted by atomic mass is 15.3. The molecule has 0 atom stereocenters. The summed E-state index contributed by atoms with van der Waals surface area (Å²) in [6.07, 6.45) is 0. The zero-order chi connectivity index (χ0) is 27.0. The fraction of sp³-hybridized carbons (Fsp3) is 0.200. The fourth-order valence-electron chi connectivity index (χ4n) is 7.24. The highest BCUT2D eigenvalue weighted by molar-refractivity contribution is 6.87. The highest BCUT2D eigenvalue weighted by Crippen LogP contribution is 2.38. The number of nitrogens with zero attached hydrogens (tertiary/aromatic N) is 6. The second-order valence-corrected chi connectivity index (χ2v) is 11.2. The van der Waals surface area contributed by atoms with Gasteiger partial charge in [0.25, 0.3) is 0 Å². The molecule has 4 aromatic carbocycles. The van der Waals surface area contributed by atoms with Crippen molar-refractivity contribution in [3.05, 3.63) is 91.0 Å². The lowest BCUT2D eigenvalue weighted by atomic mass is 9.55. The van der Waals surface area contributed by atoms with Crippen LogP contribution in [0.1, 0.15) is 0 Å². The van der Waals surface area contributed by atoms with Crippen LogP contribution in [0.25, 0.3) is 0 Å². The number of hydrogen-bond donors (Lipinski definition) is 0. The molecule has 0 aromatic heterocycles. The van der Waals surface area contributed by atoms with Crippen LogP contribution in [0.2, 0.25) is 0 Å². The molecule has 192 valence electrons. The topological polar surface area (TPSA) is 19.4 Å². The summed E-state index contributed by atoms with van der Waals surface area (Å²) in [6.45, 7) is 0.333. The summed E-state index contributed by atoms with van der Waals surface area (Å²) in [5.41, 5.74) is 11.5. The molecule has 39 heavy (non-hydrogen) atoms. The van der Waals surface area contributed by atoms with Crippen LogP contribution in [-0.4, -0.2) is 63.2 Å². The van der Waals surface area contributed by atoms with E-state index in [0.717, 1.165) is 0 Å². The molecule has 0 radical (unpaired) electrons. The van der Waals surface area contributed by atoms with Gasteiger partial charge in [0.2, 0.25) is 0 Å². The minimum absolute atomic E-state index is 0.111. The summed E-state index contributed by atoms with van der Waals surface area (Å²) < 4.78 is 0. The van der Waals surface area contributed by atoms with Crippen LogP contribution in [0.15, 0.2) is 91.0 Å². The predicted octanol–water partition coefficient (Wildman–Crippen LogP) is 2.53. The fourth-order valence-corrected chi connectivity index (χ4v) is 7.24. The first-order valence-electron chi connectivity index (χ1n) is 13.7. The Morgan fingerprint density at radius 1 is 0.333 bits per heavy atom. The van der Waals surface area contributed by atoms with E-state index in [1.54, 1.807) is 0 Å². The summed E-state index contributed by atoms with van der Waals surface area (Å²) in [6, 6.07) is 33.4. The average Bonchev–Trinajstić information content (AvgIpc) is 3.48. The summed E-state index contributed by atoms with van der Waals surface area (Å²) in [5, 5.41) is 0. The number of fused-ring (bicyclic) bond motifs is 3. The highest BCUT2D eigenvalue weighted by Gasteiger charge is 2.44. The summed E-state index contributed by atoms with van der Waals surface area (Å²) in [5.74, 6) is 0. The van der Waals surface area contributed by atoms with Crippen molar-refractivity contribution in [1.29, 1.82) is 0 Å². The molecule has 0 saturated carbocycles. The lowest BCUT2D eigenvalue weighted by Crippen LogP contribution is -2.62. The molecule has 0 bridgehead atoms. The van der Waals surface area contributed by atoms with Gasteiger partial charge in [-0.1, -0.05) is 54.6 Å². The van der Waals surface area contributed by atoms with Crippen LogP contribution in [0, 0.1) is 0 Å². The van der Waals surface area contributed by atoms with E-state index in [2.05, 4.69) is 162 Å². The van der Waals surface area contributed by atoms with Crippen molar-refractivity contribution < 1.29 is 0 Å². The standard InChI is InChI=1S/C30H33B3N6/c1-34-25-13-7-8-14-26(25)35(2)31(34)22-19-23(32-36(3)27-15-9-10-16-28(27)37(32)4)21-24(20-22)33-38(5)29-17-11-12-18-30(29)39(33)6/h7-21H,1-6H3. The molecule has 0 fully saturated rings.